The van der Waals surface area contributed by atoms with Gasteiger partial charge < -0.3 is 4.90 Å². The minimum atomic E-state index is -3.08. The van der Waals surface area contributed by atoms with E-state index in [2.05, 4.69) is 4.99 Å². The van der Waals surface area contributed by atoms with Gasteiger partial charge in [-0.25, -0.2) is 17.2 Å². The van der Waals surface area contributed by atoms with Gasteiger partial charge in [-0.15, -0.1) is 0 Å². The summed E-state index contributed by atoms with van der Waals surface area (Å²) in [6, 6.07) is 10.0. The van der Waals surface area contributed by atoms with Crippen LogP contribution in [0.5, 0.6) is 0 Å². The fourth-order valence-corrected chi connectivity index (χ4v) is 7.22. The second-order valence-corrected chi connectivity index (χ2v) is 10.3. The third kappa shape index (κ3) is 3.83. The van der Waals surface area contributed by atoms with Crippen molar-refractivity contribution in [2.24, 2.45) is 4.99 Å². The predicted molar refractivity (Wildman–Crippen MR) is 105 cm³/mol. The fraction of sp³-hybridized carbons (Fsp3) is 0.278. The Kier molecular flexibility index (Phi) is 4.90. The number of hydrogen-bond donors (Lipinski definition) is 0. The third-order valence-corrected chi connectivity index (χ3v) is 8.12. The Morgan fingerprint density at radius 3 is 2.67 bits per heavy atom. The zero-order valence-electron chi connectivity index (χ0n) is 14.0. The summed E-state index contributed by atoms with van der Waals surface area (Å²) >= 11 is 7.49. The van der Waals surface area contributed by atoms with Crippen molar-refractivity contribution in [2.75, 3.05) is 16.4 Å². The first-order valence-electron chi connectivity index (χ1n) is 8.23. The summed E-state index contributed by atoms with van der Waals surface area (Å²) in [7, 11) is -3.08. The van der Waals surface area contributed by atoms with Crippen molar-refractivity contribution < 1.29 is 17.2 Å². The summed E-state index contributed by atoms with van der Waals surface area (Å²) in [5.74, 6) is -0.800. The summed E-state index contributed by atoms with van der Waals surface area (Å²) in [5.41, 5.74) is 0.932. The molecule has 1 fully saturated rings. The molecule has 0 bridgehead atoms. The van der Waals surface area contributed by atoms with Crippen molar-refractivity contribution in [3.8, 4) is 0 Å². The number of fused-ring (bicyclic) bond motifs is 1. The lowest BCUT2D eigenvalue weighted by Gasteiger charge is -2.25. The van der Waals surface area contributed by atoms with Crippen LogP contribution >= 0.6 is 23.4 Å². The number of thioether (sulfide) groups is 1. The molecule has 0 aliphatic carbocycles. The largest absolute Gasteiger partial charge is 0.314 e. The van der Waals surface area contributed by atoms with E-state index in [4.69, 9.17) is 11.6 Å². The molecule has 142 valence electrons. The van der Waals surface area contributed by atoms with Gasteiger partial charge in [0.1, 0.15) is 11.6 Å². The number of aliphatic imine (C=N–C) groups is 1. The zero-order valence-corrected chi connectivity index (χ0v) is 16.4. The molecule has 2 atom stereocenters. The van der Waals surface area contributed by atoms with Crippen molar-refractivity contribution in [1.82, 2.24) is 0 Å². The minimum absolute atomic E-state index is 0.0105. The zero-order chi connectivity index (χ0) is 19.2. The van der Waals surface area contributed by atoms with Crippen LogP contribution in [0.2, 0.25) is 5.02 Å². The van der Waals surface area contributed by atoms with E-state index in [1.807, 2.05) is 0 Å². The molecule has 2 aliphatic heterocycles. The molecule has 0 N–H and O–H groups in total. The summed E-state index contributed by atoms with van der Waals surface area (Å²) in [4.78, 5) is 6.22. The third-order valence-electron chi connectivity index (χ3n) is 4.52. The predicted octanol–water partition coefficient (Wildman–Crippen LogP) is 3.89. The Morgan fingerprint density at radius 2 is 1.96 bits per heavy atom. The highest BCUT2D eigenvalue weighted by Crippen LogP contribution is 2.38. The molecule has 27 heavy (non-hydrogen) atoms. The molecule has 2 aromatic rings. The van der Waals surface area contributed by atoms with Crippen LogP contribution in [0.15, 0.2) is 47.5 Å². The van der Waals surface area contributed by atoms with Gasteiger partial charge in [0, 0.05) is 10.3 Å². The van der Waals surface area contributed by atoms with Gasteiger partial charge in [0.25, 0.3) is 0 Å². The van der Waals surface area contributed by atoms with E-state index in [9.17, 15) is 17.2 Å². The maximum atomic E-state index is 14.5. The van der Waals surface area contributed by atoms with Gasteiger partial charge in [0.15, 0.2) is 15.0 Å². The molecule has 2 aromatic carbocycles. The first-order valence-corrected chi connectivity index (χ1v) is 11.3. The van der Waals surface area contributed by atoms with Crippen LogP contribution in [0.3, 0.4) is 0 Å². The van der Waals surface area contributed by atoms with Crippen molar-refractivity contribution in [2.45, 2.75) is 17.8 Å². The Morgan fingerprint density at radius 1 is 1.19 bits per heavy atom. The number of nitrogens with zero attached hydrogens (tertiary/aromatic N) is 2. The Hall–Kier alpha value is -1.64. The molecule has 0 unspecified atom stereocenters. The average molecular weight is 429 g/mol. The van der Waals surface area contributed by atoms with Crippen LogP contribution in [0.1, 0.15) is 5.56 Å². The normalized spacial score (nSPS) is 23.1. The highest BCUT2D eigenvalue weighted by molar-refractivity contribution is 8.15. The van der Waals surface area contributed by atoms with Gasteiger partial charge in [0.2, 0.25) is 0 Å². The van der Waals surface area contributed by atoms with Gasteiger partial charge in [-0.2, -0.15) is 0 Å². The molecule has 1 saturated heterocycles. The second kappa shape index (κ2) is 7.07. The summed E-state index contributed by atoms with van der Waals surface area (Å²) in [6.45, 7) is 0.193. The van der Waals surface area contributed by atoms with E-state index in [0.29, 0.717) is 16.4 Å². The smallest absolute Gasteiger partial charge is 0.164 e. The maximum absolute atomic E-state index is 14.5. The van der Waals surface area contributed by atoms with Crippen LogP contribution in [-0.4, -0.2) is 36.4 Å². The molecule has 9 heteroatoms. The Balaban J connectivity index is 1.71. The van der Waals surface area contributed by atoms with E-state index in [-0.39, 0.29) is 34.4 Å². The molecular weight excluding hydrogens is 414 g/mol. The molecule has 0 aromatic heterocycles. The van der Waals surface area contributed by atoms with Gasteiger partial charge in [-0.1, -0.05) is 41.6 Å². The molecule has 0 amide bonds. The number of para-hydroxylation sites is 1. The highest BCUT2D eigenvalue weighted by atomic mass is 35.5. The van der Waals surface area contributed by atoms with E-state index in [1.54, 1.807) is 29.2 Å². The summed E-state index contributed by atoms with van der Waals surface area (Å²) in [6.07, 6.45) is 0. The lowest BCUT2D eigenvalue weighted by Crippen LogP contribution is -2.29. The fourth-order valence-electron chi connectivity index (χ4n) is 3.22. The van der Waals surface area contributed by atoms with Crippen LogP contribution in [0, 0.1) is 11.6 Å². The first-order chi connectivity index (χ1) is 12.8. The summed E-state index contributed by atoms with van der Waals surface area (Å²) in [5, 5.41) is 0.621. The van der Waals surface area contributed by atoms with Crippen LogP contribution in [-0.2, 0) is 16.4 Å². The topological polar surface area (TPSA) is 49.7 Å². The van der Waals surface area contributed by atoms with E-state index in [0.717, 1.165) is 0 Å². The number of hydrogen-bond acceptors (Lipinski definition) is 5. The number of sulfone groups is 1. The number of rotatable bonds is 3. The number of amidine groups is 1. The first kappa shape index (κ1) is 18.7. The number of benzene rings is 2. The van der Waals surface area contributed by atoms with E-state index >= 15 is 0 Å². The van der Waals surface area contributed by atoms with Crippen LogP contribution in [0.25, 0.3) is 0 Å². The van der Waals surface area contributed by atoms with Crippen LogP contribution in [0.4, 0.5) is 14.5 Å². The second-order valence-electron chi connectivity index (χ2n) is 6.49. The van der Waals surface area contributed by atoms with Crippen LogP contribution < -0.4 is 4.90 Å². The molecule has 4 rings (SSSR count). The maximum Gasteiger partial charge on any atom is 0.164 e. The standard InChI is InChI=1S/C18H15ClF2N2O2S2/c19-13-7-12(20)6-5-11(13)8-23(16-4-2-1-3-14(16)21)18-22-15-9-27(24,25)10-17(15)26-18/h1-7,15,17H,8-10H2/t15-,17+/m1/s1. The van der Waals surface area contributed by atoms with Crippen molar-refractivity contribution in [3.05, 3.63) is 64.7 Å². The molecular formula is C18H15ClF2N2O2S2. The van der Waals surface area contributed by atoms with Gasteiger partial charge >= 0.3 is 0 Å². The molecule has 0 radical (unpaired) electrons. The molecule has 4 nitrogen and oxygen atoms in total. The SMILES string of the molecule is O=S1(=O)C[C@@H]2SC(N(Cc3ccc(F)cc3Cl)c3ccccc3F)=N[C@@H]2C1. The average Bonchev–Trinajstić information content (AvgIpc) is 3.08. The monoisotopic (exact) mass is 428 g/mol. The quantitative estimate of drug-likeness (QED) is 0.744. The lowest BCUT2D eigenvalue weighted by atomic mass is 10.2. The Bertz CT molecular complexity index is 1030. The summed E-state index contributed by atoms with van der Waals surface area (Å²) < 4.78 is 51.4. The van der Waals surface area contributed by atoms with E-state index in [1.165, 1.54) is 30.0 Å². The minimum Gasteiger partial charge on any atom is -0.314 e. The van der Waals surface area contributed by atoms with Crippen molar-refractivity contribution in [3.63, 3.8) is 0 Å². The molecule has 2 heterocycles. The van der Waals surface area contributed by atoms with Gasteiger partial charge in [0.05, 0.1) is 29.8 Å². The molecule has 2 aliphatic rings. The number of halogens is 3. The highest BCUT2D eigenvalue weighted by Gasteiger charge is 2.44. The Labute approximate surface area is 165 Å². The van der Waals surface area contributed by atoms with Gasteiger partial charge in [-0.05, 0) is 29.8 Å². The molecule has 0 spiro atoms. The van der Waals surface area contributed by atoms with E-state index < -0.39 is 21.5 Å². The van der Waals surface area contributed by atoms with Crippen molar-refractivity contribution in [1.29, 1.82) is 0 Å². The molecule has 0 saturated carbocycles. The lowest BCUT2D eigenvalue weighted by molar-refractivity contribution is 0.601. The van der Waals surface area contributed by atoms with Crippen molar-refractivity contribution >= 4 is 44.1 Å². The number of anilines is 1. The van der Waals surface area contributed by atoms with Gasteiger partial charge in [-0.3, -0.25) is 4.99 Å².